The first-order valence-corrected chi connectivity index (χ1v) is 12.0. The van der Waals surface area contributed by atoms with Crippen LogP contribution in [-0.4, -0.2) is 68.1 Å². The van der Waals surface area contributed by atoms with Gasteiger partial charge in [-0.2, -0.15) is 5.10 Å². The van der Waals surface area contributed by atoms with Gasteiger partial charge in [-0.25, -0.2) is 4.68 Å². The number of hydrogen-bond acceptors (Lipinski definition) is 7. The Balaban J connectivity index is 1.31. The monoisotopic (exact) mass is 492 g/mol. The SMILES string of the molecule is COc1ccc(N2CCN(C(=O)CCCn3nc(-c4ccc(OC)c(OC)c4)ccc3=O)CC2)cc1. The molecule has 1 aliphatic heterocycles. The first kappa shape index (κ1) is 25.1. The van der Waals surface area contributed by atoms with Gasteiger partial charge in [0, 0.05) is 56.5 Å². The fraction of sp³-hybridized carbons (Fsp3) is 0.370. The molecule has 190 valence electrons. The van der Waals surface area contributed by atoms with Crippen molar-refractivity contribution in [1.29, 1.82) is 0 Å². The van der Waals surface area contributed by atoms with E-state index in [4.69, 9.17) is 14.2 Å². The number of methoxy groups -OCH3 is 3. The number of aromatic nitrogens is 2. The van der Waals surface area contributed by atoms with E-state index in [0.717, 1.165) is 30.1 Å². The molecule has 0 aliphatic carbocycles. The molecular weight excluding hydrogens is 460 g/mol. The van der Waals surface area contributed by atoms with Gasteiger partial charge < -0.3 is 24.0 Å². The van der Waals surface area contributed by atoms with Crippen molar-refractivity contribution in [3.05, 3.63) is 65.0 Å². The lowest BCUT2D eigenvalue weighted by Gasteiger charge is -2.36. The maximum absolute atomic E-state index is 12.8. The zero-order valence-electron chi connectivity index (χ0n) is 21.0. The van der Waals surface area contributed by atoms with Gasteiger partial charge in [0.2, 0.25) is 5.91 Å². The molecule has 0 N–H and O–H groups in total. The number of piperazine rings is 1. The summed E-state index contributed by atoms with van der Waals surface area (Å²) in [5, 5.41) is 4.51. The number of aryl methyl sites for hydroxylation is 1. The highest BCUT2D eigenvalue weighted by atomic mass is 16.5. The maximum atomic E-state index is 12.8. The normalized spacial score (nSPS) is 13.4. The third-order valence-corrected chi connectivity index (χ3v) is 6.38. The number of carbonyl (C=O) groups excluding carboxylic acids is 1. The summed E-state index contributed by atoms with van der Waals surface area (Å²) in [7, 11) is 4.81. The number of nitrogens with zero attached hydrogens (tertiary/aromatic N) is 4. The predicted octanol–water partition coefficient (Wildman–Crippen LogP) is 3.07. The number of carbonyl (C=O) groups is 1. The van der Waals surface area contributed by atoms with Crippen LogP contribution in [0.4, 0.5) is 5.69 Å². The second-order valence-electron chi connectivity index (χ2n) is 8.52. The van der Waals surface area contributed by atoms with Gasteiger partial charge in [0.15, 0.2) is 11.5 Å². The minimum absolute atomic E-state index is 0.105. The average Bonchev–Trinajstić information content (AvgIpc) is 2.93. The molecule has 9 nitrogen and oxygen atoms in total. The lowest BCUT2D eigenvalue weighted by atomic mass is 10.1. The summed E-state index contributed by atoms with van der Waals surface area (Å²) in [4.78, 5) is 29.3. The smallest absolute Gasteiger partial charge is 0.266 e. The molecule has 0 saturated carbocycles. The van der Waals surface area contributed by atoms with Crippen molar-refractivity contribution < 1.29 is 19.0 Å². The summed E-state index contributed by atoms with van der Waals surface area (Å²) >= 11 is 0. The highest BCUT2D eigenvalue weighted by Crippen LogP contribution is 2.31. The first-order valence-electron chi connectivity index (χ1n) is 12.0. The van der Waals surface area contributed by atoms with Gasteiger partial charge in [0.05, 0.1) is 27.0 Å². The molecular formula is C27H32N4O5. The molecule has 9 heteroatoms. The Hall–Kier alpha value is -4.01. The van der Waals surface area contributed by atoms with Crippen LogP contribution in [0.2, 0.25) is 0 Å². The van der Waals surface area contributed by atoms with Crippen molar-refractivity contribution in [1.82, 2.24) is 14.7 Å². The van der Waals surface area contributed by atoms with Crippen molar-refractivity contribution in [3.8, 4) is 28.5 Å². The van der Waals surface area contributed by atoms with E-state index >= 15 is 0 Å². The second kappa shape index (κ2) is 11.6. The van der Waals surface area contributed by atoms with Crippen LogP contribution >= 0.6 is 0 Å². The fourth-order valence-electron chi connectivity index (χ4n) is 4.30. The van der Waals surface area contributed by atoms with Crippen molar-refractivity contribution in [2.75, 3.05) is 52.4 Å². The van der Waals surface area contributed by atoms with Crippen molar-refractivity contribution in [2.24, 2.45) is 0 Å². The molecule has 1 aliphatic rings. The Labute approximate surface area is 210 Å². The molecule has 0 atom stereocenters. The Morgan fingerprint density at radius 1 is 0.861 bits per heavy atom. The third kappa shape index (κ3) is 5.79. The highest BCUT2D eigenvalue weighted by Gasteiger charge is 2.21. The van der Waals surface area contributed by atoms with E-state index in [1.54, 1.807) is 33.5 Å². The Morgan fingerprint density at radius 2 is 1.58 bits per heavy atom. The lowest BCUT2D eigenvalue weighted by molar-refractivity contribution is -0.131. The van der Waals surface area contributed by atoms with E-state index in [1.807, 2.05) is 41.3 Å². The van der Waals surface area contributed by atoms with Gasteiger partial charge in [-0.1, -0.05) is 0 Å². The van der Waals surface area contributed by atoms with Crippen molar-refractivity contribution >= 4 is 11.6 Å². The van der Waals surface area contributed by atoms with Gasteiger partial charge in [-0.3, -0.25) is 9.59 Å². The zero-order valence-corrected chi connectivity index (χ0v) is 21.0. The van der Waals surface area contributed by atoms with Gasteiger partial charge in [0.25, 0.3) is 5.56 Å². The van der Waals surface area contributed by atoms with Crippen LogP contribution in [0, 0.1) is 0 Å². The molecule has 1 fully saturated rings. The Morgan fingerprint density at radius 3 is 2.25 bits per heavy atom. The van der Waals surface area contributed by atoms with Gasteiger partial charge in [0.1, 0.15) is 5.75 Å². The van der Waals surface area contributed by atoms with Gasteiger partial charge in [-0.15, -0.1) is 0 Å². The molecule has 4 rings (SSSR count). The summed E-state index contributed by atoms with van der Waals surface area (Å²) in [6.45, 7) is 3.30. The number of rotatable bonds is 9. The summed E-state index contributed by atoms with van der Waals surface area (Å²) < 4.78 is 17.3. The van der Waals surface area contributed by atoms with Crippen LogP contribution in [0.1, 0.15) is 12.8 Å². The van der Waals surface area contributed by atoms with Crippen LogP contribution in [-0.2, 0) is 11.3 Å². The molecule has 0 spiro atoms. The molecule has 0 unspecified atom stereocenters. The molecule has 0 bridgehead atoms. The molecule has 1 aromatic heterocycles. The molecule has 3 aromatic rings. The number of benzene rings is 2. The largest absolute Gasteiger partial charge is 0.497 e. The molecule has 2 aromatic carbocycles. The van der Waals surface area contributed by atoms with E-state index in [0.29, 0.717) is 49.7 Å². The maximum Gasteiger partial charge on any atom is 0.266 e. The predicted molar refractivity (Wildman–Crippen MR) is 138 cm³/mol. The zero-order chi connectivity index (χ0) is 25.5. The Bertz CT molecular complexity index is 1230. The topological polar surface area (TPSA) is 86.1 Å². The molecule has 1 saturated heterocycles. The minimum atomic E-state index is -0.195. The number of anilines is 1. The highest BCUT2D eigenvalue weighted by molar-refractivity contribution is 5.76. The van der Waals surface area contributed by atoms with E-state index in [1.165, 1.54) is 10.7 Å². The van der Waals surface area contributed by atoms with Crippen LogP contribution in [0.25, 0.3) is 11.3 Å². The molecule has 0 radical (unpaired) electrons. The van der Waals surface area contributed by atoms with Gasteiger partial charge >= 0.3 is 0 Å². The van der Waals surface area contributed by atoms with E-state index in [2.05, 4.69) is 10.00 Å². The second-order valence-corrected chi connectivity index (χ2v) is 8.52. The van der Waals surface area contributed by atoms with Crippen molar-refractivity contribution in [3.63, 3.8) is 0 Å². The molecule has 36 heavy (non-hydrogen) atoms. The molecule has 1 amide bonds. The van der Waals surface area contributed by atoms with Crippen LogP contribution < -0.4 is 24.7 Å². The quantitative estimate of drug-likeness (QED) is 0.454. The van der Waals surface area contributed by atoms with E-state index in [9.17, 15) is 9.59 Å². The fourth-order valence-corrected chi connectivity index (χ4v) is 4.30. The summed E-state index contributed by atoms with van der Waals surface area (Å²) in [5.74, 6) is 2.15. The summed E-state index contributed by atoms with van der Waals surface area (Å²) in [6.07, 6.45) is 0.914. The standard InChI is InChI=1S/C27H32N4O5/c1-34-22-9-7-21(8-10-22)29-15-17-30(18-16-29)26(32)5-4-14-31-27(33)13-11-23(28-31)20-6-12-24(35-2)25(19-20)36-3/h6-13,19H,4-5,14-18H2,1-3H3. The number of amides is 1. The number of hydrogen-bond donors (Lipinski definition) is 0. The summed E-state index contributed by atoms with van der Waals surface area (Å²) in [5.41, 5.74) is 2.39. The van der Waals surface area contributed by atoms with Crippen molar-refractivity contribution in [2.45, 2.75) is 19.4 Å². The molecule has 2 heterocycles. The third-order valence-electron chi connectivity index (χ3n) is 6.38. The van der Waals surface area contributed by atoms with Crippen LogP contribution in [0.5, 0.6) is 17.2 Å². The summed E-state index contributed by atoms with van der Waals surface area (Å²) in [6, 6.07) is 16.7. The van der Waals surface area contributed by atoms with E-state index < -0.39 is 0 Å². The number of ether oxygens (including phenoxy) is 3. The van der Waals surface area contributed by atoms with E-state index in [-0.39, 0.29) is 11.5 Å². The van der Waals surface area contributed by atoms with Crippen LogP contribution in [0.3, 0.4) is 0 Å². The van der Waals surface area contributed by atoms with Crippen LogP contribution in [0.15, 0.2) is 59.4 Å². The average molecular weight is 493 g/mol. The first-order chi connectivity index (χ1) is 17.5. The van der Waals surface area contributed by atoms with Gasteiger partial charge in [-0.05, 0) is 55.0 Å². The lowest BCUT2D eigenvalue weighted by Crippen LogP contribution is -2.48. The minimum Gasteiger partial charge on any atom is -0.497 e. The Kier molecular flexibility index (Phi) is 8.10.